The highest BCUT2D eigenvalue weighted by Gasteiger charge is 2.20. The third kappa shape index (κ3) is 6.90. The van der Waals surface area contributed by atoms with Crippen LogP contribution < -0.4 is 20.3 Å². The van der Waals surface area contributed by atoms with Crippen LogP contribution in [0, 0.1) is 0 Å². The van der Waals surface area contributed by atoms with Crippen LogP contribution in [0.2, 0.25) is 0 Å². The summed E-state index contributed by atoms with van der Waals surface area (Å²) in [5.74, 6) is 1.23. The lowest BCUT2D eigenvalue weighted by Gasteiger charge is -2.31. The number of hydrogen-bond acceptors (Lipinski definition) is 10. The first-order chi connectivity index (χ1) is 20.4. The van der Waals surface area contributed by atoms with Gasteiger partial charge >= 0.3 is 0 Å². The molecule has 0 unspecified atom stereocenters. The first kappa shape index (κ1) is 29.1. The standard InChI is InChI=1S/C30H34N8O3S/c1-36(2)19-22-20-38(35-29(22)21-7-5-4-6-8-21)27-9-11-31-30(34-27)33-24-17-23(32-28(39)10-16-42)25(18-26(24)40-3)37-12-14-41-15-13-37/h4-11,16-18,20,42H,12-15,19H2,1-3H3,(H,32,39)(H,31,33,34)/b16-10-. The van der Waals surface area contributed by atoms with E-state index in [0.29, 0.717) is 55.2 Å². The molecule has 42 heavy (non-hydrogen) atoms. The van der Waals surface area contributed by atoms with Gasteiger partial charge < -0.3 is 29.9 Å². The number of carbonyl (C=O) groups is 1. The molecule has 1 amide bonds. The number of hydrogen-bond donors (Lipinski definition) is 3. The number of anilines is 4. The van der Waals surface area contributed by atoms with Gasteiger partial charge in [-0.25, -0.2) is 9.67 Å². The second-order valence-corrected chi connectivity index (χ2v) is 10.2. The molecule has 1 saturated heterocycles. The summed E-state index contributed by atoms with van der Waals surface area (Å²) >= 11 is 4.03. The van der Waals surface area contributed by atoms with Crippen molar-refractivity contribution in [3.8, 4) is 22.8 Å². The van der Waals surface area contributed by atoms with Gasteiger partial charge in [0.2, 0.25) is 11.9 Å². The Balaban J connectivity index is 1.49. The van der Waals surface area contributed by atoms with E-state index in [1.54, 1.807) is 24.1 Å². The average Bonchev–Trinajstić information content (AvgIpc) is 3.41. The average molecular weight is 587 g/mol. The topological polar surface area (TPSA) is 110 Å². The van der Waals surface area contributed by atoms with E-state index in [1.165, 1.54) is 11.5 Å². The molecule has 0 spiro atoms. The molecule has 1 fully saturated rings. The number of nitrogens with one attached hydrogen (secondary N) is 2. The van der Waals surface area contributed by atoms with Crippen molar-refractivity contribution < 1.29 is 14.3 Å². The zero-order valence-electron chi connectivity index (χ0n) is 23.8. The molecule has 0 bridgehead atoms. The third-order valence-electron chi connectivity index (χ3n) is 6.60. The van der Waals surface area contributed by atoms with E-state index in [2.05, 4.69) is 38.0 Å². The number of carbonyl (C=O) groups excluding carboxylic acids is 1. The summed E-state index contributed by atoms with van der Waals surface area (Å²) in [6.45, 7) is 3.31. The van der Waals surface area contributed by atoms with Gasteiger partial charge in [0.15, 0.2) is 5.82 Å². The Bertz CT molecular complexity index is 1550. The van der Waals surface area contributed by atoms with E-state index >= 15 is 0 Å². The predicted octanol–water partition coefficient (Wildman–Crippen LogP) is 4.36. The van der Waals surface area contributed by atoms with Gasteiger partial charge in [0.25, 0.3) is 0 Å². The number of thiol groups is 1. The predicted molar refractivity (Wildman–Crippen MR) is 168 cm³/mol. The summed E-state index contributed by atoms with van der Waals surface area (Å²) < 4.78 is 13.0. The fraction of sp³-hybridized carbons (Fsp3) is 0.267. The van der Waals surface area contributed by atoms with Crippen LogP contribution in [0.3, 0.4) is 0 Å². The van der Waals surface area contributed by atoms with Gasteiger partial charge in [0, 0.05) is 61.4 Å². The van der Waals surface area contributed by atoms with E-state index in [0.717, 1.165) is 29.1 Å². The molecule has 0 saturated carbocycles. The van der Waals surface area contributed by atoms with Gasteiger partial charge in [0.05, 0.1) is 43.1 Å². The SMILES string of the molecule is COc1cc(N2CCOCC2)c(NC(=O)/C=C\S)cc1Nc1nccc(-n2cc(CN(C)C)c(-c3ccccc3)n2)n1. The van der Waals surface area contributed by atoms with Gasteiger partial charge in [-0.15, -0.1) is 0 Å². The van der Waals surface area contributed by atoms with Crippen LogP contribution in [0.4, 0.5) is 23.0 Å². The van der Waals surface area contributed by atoms with Crippen LogP contribution in [-0.4, -0.2) is 78.1 Å². The number of amides is 1. The zero-order valence-corrected chi connectivity index (χ0v) is 24.7. The molecule has 0 atom stereocenters. The molecule has 1 aliphatic heterocycles. The molecule has 218 valence electrons. The number of benzene rings is 2. The highest BCUT2D eigenvalue weighted by Crippen LogP contribution is 2.38. The molecular weight excluding hydrogens is 552 g/mol. The van der Waals surface area contributed by atoms with Crippen LogP contribution in [0.5, 0.6) is 5.75 Å². The van der Waals surface area contributed by atoms with Gasteiger partial charge in [-0.2, -0.15) is 22.7 Å². The highest BCUT2D eigenvalue weighted by molar-refractivity contribution is 7.83. The van der Waals surface area contributed by atoms with Crippen molar-refractivity contribution in [3.63, 3.8) is 0 Å². The van der Waals surface area contributed by atoms with Crippen molar-refractivity contribution >= 4 is 41.5 Å². The second kappa shape index (κ2) is 13.5. The van der Waals surface area contributed by atoms with Crippen LogP contribution in [0.25, 0.3) is 17.1 Å². The van der Waals surface area contributed by atoms with Crippen molar-refractivity contribution in [3.05, 3.63) is 78.0 Å². The number of rotatable bonds is 10. The molecule has 11 nitrogen and oxygen atoms in total. The van der Waals surface area contributed by atoms with Crippen LogP contribution in [0.15, 0.2) is 72.4 Å². The Labute approximate surface area is 250 Å². The number of ether oxygens (including phenoxy) is 2. The van der Waals surface area contributed by atoms with Crippen molar-refractivity contribution in [2.24, 2.45) is 0 Å². The maximum atomic E-state index is 12.5. The Kier molecular flexibility index (Phi) is 9.37. The molecule has 3 heterocycles. The maximum Gasteiger partial charge on any atom is 0.248 e. The molecule has 1 aliphatic rings. The summed E-state index contributed by atoms with van der Waals surface area (Å²) in [4.78, 5) is 25.9. The van der Waals surface area contributed by atoms with Crippen LogP contribution in [0.1, 0.15) is 5.56 Å². The van der Waals surface area contributed by atoms with E-state index in [9.17, 15) is 4.79 Å². The Morgan fingerprint density at radius 1 is 1.14 bits per heavy atom. The molecule has 12 heteroatoms. The molecule has 5 rings (SSSR count). The van der Waals surface area contributed by atoms with Crippen molar-refractivity contribution in [1.82, 2.24) is 24.6 Å². The van der Waals surface area contributed by atoms with Crippen LogP contribution in [-0.2, 0) is 16.1 Å². The lowest BCUT2D eigenvalue weighted by atomic mass is 10.1. The lowest BCUT2D eigenvalue weighted by Crippen LogP contribution is -2.36. The van der Waals surface area contributed by atoms with Crippen molar-refractivity contribution in [2.45, 2.75) is 6.54 Å². The molecule has 4 aromatic rings. The summed E-state index contributed by atoms with van der Waals surface area (Å²) in [5, 5.41) is 12.5. The van der Waals surface area contributed by atoms with E-state index in [-0.39, 0.29) is 5.91 Å². The molecule has 0 aliphatic carbocycles. The first-order valence-corrected chi connectivity index (χ1v) is 14.0. The molecular formula is C30H34N8O3S. The second-order valence-electron chi connectivity index (χ2n) is 9.89. The minimum absolute atomic E-state index is 0.296. The molecule has 2 aromatic heterocycles. The van der Waals surface area contributed by atoms with E-state index in [4.69, 9.17) is 19.6 Å². The minimum Gasteiger partial charge on any atom is -0.494 e. The van der Waals surface area contributed by atoms with Crippen molar-refractivity contribution in [2.75, 3.05) is 63.0 Å². The van der Waals surface area contributed by atoms with Gasteiger partial charge in [0.1, 0.15) is 5.75 Å². The van der Waals surface area contributed by atoms with E-state index < -0.39 is 0 Å². The minimum atomic E-state index is -0.296. The van der Waals surface area contributed by atoms with Gasteiger partial charge in [-0.3, -0.25) is 4.79 Å². The molecule has 2 N–H and O–H groups in total. The number of nitrogens with zero attached hydrogens (tertiary/aromatic N) is 6. The van der Waals surface area contributed by atoms with Crippen molar-refractivity contribution in [1.29, 1.82) is 0 Å². The zero-order chi connectivity index (χ0) is 29.5. The first-order valence-electron chi connectivity index (χ1n) is 13.5. The molecule has 2 aromatic carbocycles. The molecule has 0 radical (unpaired) electrons. The number of morpholine rings is 1. The fourth-order valence-corrected chi connectivity index (χ4v) is 4.86. The summed E-state index contributed by atoms with van der Waals surface area (Å²) in [7, 11) is 5.66. The Morgan fingerprint density at radius 2 is 1.93 bits per heavy atom. The Morgan fingerprint density at radius 3 is 2.64 bits per heavy atom. The monoisotopic (exact) mass is 586 g/mol. The largest absolute Gasteiger partial charge is 0.494 e. The summed E-state index contributed by atoms with van der Waals surface area (Å²) in [6, 6.07) is 15.6. The fourth-order valence-electron chi connectivity index (χ4n) is 4.72. The maximum absolute atomic E-state index is 12.5. The Hall–Kier alpha value is -4.39. The van der Waals surface area contributed by atoms with Gasteiger partial charge in [-0.05, 0) is 25.6 Å². The third-order valence-corrected chi connectivity index (χ3v) is 6.75. The van der Waals surface area contributed by atoms with Gasteiger partial charge in [-0.1, -0.05) is 30.3 Å². The summed E-state index contributed by atoms with van der Waals surface area (Å²) in [6.07, 6.45) is 5.03. The van der Waals surface area contributed by atoms with E-state index in [1.807, 2.05) is 62.8 Å². The quantitative estimate of drug-likeness (QED) is 0.184. The summed E-state index contributed by atoms with van der Waals surface area (Å²) in [5.41, 5.74) is 5.04. The lowest BCUT2D eigenvalue weighted by molar-refractivity contribution is -0.111. The highest BCUT2D eigenvalue weighted by atomic mass is 32.1. The van der Waals surface area contributed by atoms with Crippen LogP contribution >= 0.6 is 12.6 Å². The smallest absolute Gasteiger partial charge is 0.248 e. The normalized spacial score (nSPS) is 13.5. The number of methoxy groups -OCH3 is 1. The number of aromatic nitrogens is 4.